The molecule has 2 heterocycles. The van der Waals surface area contributed by atoms with Crippen LogP contribution in [0, 0.1) is 11.3 Å². The molecule has 0 saturated carbocycles. The highest BCUT2D eigenvalue weighted by Gasteiger charge is 2.38. The molecule has 2 atom stereocenters. The summed E-state index contributed by atoms with van der Waals surface area (Å²) in [6.07, 6.45) is 6.59. The minimum atomic E-state index is 0.157. The molecular formula is C25H35NO3. The zero-order valence-corrected chi connectivity index (χ0v) is 18.1. The Morgan fingerprint density at radius 2 is 2.00 bits per heavy atom. The smallest absolute Gasteiger partial charge is 0.222 e. The van der Waals surface area contributed by atoms with Crippen molar-refractivity contribution < 1.29 is 13.9 Å². The number of rotatable bonds is 9. The Morgan fingerprint density at radius 1 is 1.21 bits per heavy atom. The number of nitrogens with zero attached hydrogens (tertiary/aromatic N) is 1. The Morgan fingerprint density at radius 3 is 2.66 bits per heavy atom. The van der Waals surface area contributed by atoms with E-state index in [2.05, 4.69) is 44.2 Å². The largest absolute Gasteiger partial charge is 0.467 e. The fourth-order valence-electron chi connectivity index (χ4n) is 4.43. The number of amides is 1. The quantitative estimate of drug-likeness (QED) is 0.563. The maximum absolute atomic E-state index is 12.6. The van der Waals surface area contributed by atoms with Gasteiger partial charge in [0.05, 0.1) is 18.9 Å². The van der Waals surface area contributed by atoms with Crippen LogP contribution in [0.3, 0.4) is 0 Å². The summed E-state index contributed by atoms with van der Waals surface area (Å²) < 4.78 is 11.6. The lowest BCUT2D eigenvalue weighted by Gasteiger charge is -2.43. The van der Waals surface area contributed by atoms with Crippen molar-refractivity contribution in [3.8, 4) is 0 Å². The lowest BCUT2D eigenvalue weighted by Crippen LogP contribution is -2.42. The molecule has 0 spiro atoms. The zero-order chi connectivity index (χ0) is 20.7. The molecule has 0 N–H and O–H groups in total. The molecule has 1 aromatic heterocycles. The minimum absolute atomic E-state index is 0.157. The average Bonchev–Trinajstić information content (AvgIpc) is 3.24. The van der Waals surface area contributed by atoms with Crippen LogP contribution in [0.2, 0.25) is 0 Å². The molecular weight excluding hydrogens is 362 g/mol. The molecule has 29 heavy (non-hydrogen) atoms. The van der Waals surface area contributed by atoms with Crippen LogP contribution in [0.4, 0.5) is 0 Å². The van der Waals surface area contributed by atoms with Crippen molar-refractivity contribution in [2.75, 3.05) is 13.2 Å². The summed E-state index contributed by atoms with van der Waals surface area (Å²) in [6, 6.07) is 14.6. The van der Waals surface area contributed by atoms with Crippen molar-refractivity contribution in [2.24, 2.45) is 11.3 Å². The van der Waals surface area contributed by atoms with Gasteiger partial charge in [-0.05, 0) is 54.7 Å². The molecule has 1 aliphatic rings. The molecule has 4 heteroatoms. The van der Waals surface area contributed by atoms with Crippen molar-refractivity contribution >= 4 is 5.91 Å². The second-order valence-corrected chi connectivity index (χ2v) is 8.77. The molecule has 3 rings (SSSR count). The second kappa shape index (κ2) is 10.1. The average molecular weight is 398 g/mol. The van der Waals surface area contributed by atoms with Gasteiger partial charge < -0.3 is 14.1 Å². The fourth-order valence-corrected chi connectivity index (χ4v) is 4.43. The molecule has 158 valence electrons. The first-order valence-corrected chi connectivity index (χ1v) is 11.0. The first kappa shape index (κ1) is 21.6. The van der Waals surface area contributed by atoms with Gasteiger partial charge in [-0.25, -0.2) is 0 Å². The van der Waals surface area contributed by atoms with Gasteiger partial charge in [0.2, 0.25) is 5.91 Å². The first-order valence-electron chi connectivity index (χ1n) is 11.0. The number of hydrogen-bond acceptors (Lipinski definition) is 3. The predicted molar refractivity (Wildman–Crippen MR) is 115 cm³/mol. The Labute approximate surface area is 175 Å². The number of ether oxygens (including phenoxy) is 1. The van der Waals surface area contributed by atoms with Crippen LogP contribution in [-0.2, 0) is 22.5 Å². The van der Waals surface area contributed by atoms with E-state index in [0.29, 0.717) is 18.9 Å². The van der Waals surface area contributed by atoms with E-state index in [1.54, 1.807) is 6.26 Å². The summed E-state index contributed by atoms with van der Waals surface area (Å²) >= 11 is 0. The van der Waals surface area contributed by atoms with Crippen LogP contribution in [-0.4, -0.2) is 30.1 Å². The second-order valence-electron chi connectivity index (χ2n) is 8.77. The van der Waals surface area contributed by atoms with Gasteiger partial charge in [-0.3, -0.25) is 4.79 Å². The Balaban J connectivity index is 1.76. The van der Waals surface area contributed by atoms with Crippen molar-refractivity contribution in [3.63, 3.8) is 0 Å². The number of furan rings is 1. The van der Waals surface area contributed by atoms with E-state index in [9.17, 15) is 4.79 Å². The third-order valence-electron chi connectivity index (χ3n) is 6.26. The first-order chi connectivity index (χ1) is 14.0. The van der Waals surface area contributed by atoms with Gasteiger partial charge in [0.15, 0.2) is 0 Å². The van der Waals surface area contributed by atoms with Gasteiger partial charge >= 0.3 is 0 Å². The van der Waals surface area contributed by atoms with E-state index in [0.717, 1.165) is 44.6 Å². The Hall–Kier alpha value is -2.07. The zero-order valence-electron chi connectivity index (χ0n) is 18.1. The van der Waals surface area contributed by atoms with E-state index in [1.165, 1.54) is 5.56 Å². The lowest BCUT2D eigenvalue weighted by atomic mass is 9.69. The van der Waals surface area contributed by atoms with E-state index < -0.39 is 0 Å². The maximum atomic E-state index is 12.6. The molecule has 0 radical (unpaired) electrons. The third kappa shape index (κ3) is 5.96. The summed E-state index contributed by atoms with van der Waals surface area (Å²) in [4.78, 5) is 14.6. The van der Waals surface area contributed by atoms with Crippen molar-refractivity contribution in [1.82, 2.24) is 4.90 Å². The fraction of sp³-hybridized carbons (Fsp3) is 0.560. The highest BCUT2D eigenvalue weighted by atomic mass is 16.5. The summed E-state index contributed by atoms with van der Waals surface area (Å²) in [5.74, 6) is 1.53. The van der Waals surface area contributed by atoms with Gasteiger partial charge in [-0.2, -0.15) is 0 Å². The highest BCUT2D eigenvalue weighted by molar-refractivity contribution is 5.75. The molecule has 2 aromatic rings. The topological polar surface area (TPSA) is 42.7 Å². The molecule has 1 amide bonds. The monoisotopic (exact) mass is 397 g/mol. The van der Waals surface area contributed by atoms with E-state index in [1.807, 2.05) is 24.0 Å². The summed E-state index contributed by atoms with van der Waals surface area (Å²) in [5.41, 5.74) is 1.53. The third-order valence-corrected chi connectivity index (χ3v) is 6.26. The van der Waals surface area contributed by atoms with Crippen molar-refractivity contribution in [1.29, 1.82) is 0 Å². The van der Waals surface area contributed by atoms with Crippen molar-refractivity contribution in [3.05, 3.63) is 60.1 Å². The predicted octanol–water partition coefficient (Wildman–Crippen LogP) is 5.47. The standard InChI is InChI=1S/C25H35NO3/c1-4-24(27)26(19-22-11-8-15-28-22)14-12-25(17-21-9-6-5-7-10-21)13-16-29-23(18-25)20(2)3/h5-11,15,20,23H,4,12-14,16-19H2,1-3H3/t23-,25+/m1/s1. The van der Waals surface area contributed by atoms with Crippen LogP contribution in [0.1, 0.15) is 57.8 Å². The molecule has 0 bridgehead atoms. The normalized spacial score (nSPS) is 22.0. The molecule has 0 unspecified atom stereocenters. The minimum Gasteiger partial charge on any atom is -0.467 e. The van der Waals surface area contributed by atoms with Crippen LogP contribution >= 0.6 is 0 Å². The van der Waals surface area contributed by atoms with Gasteiger partial charge in [0.25, 0.3) is 0 Å². The van der Waals surface area contributed by atoms with E-state index in [-0.39, 0.29) is 17.4 Å². The van der Waals surface area contributed by atoms with E-state index >= 15 is 0 Å². The van der Waals surface area contributed by atoms with Crippen LogP contribution in [0.15, 0.2) is 53.1 Å². The lowest BCUT2D eigenvalue weighted by molar-refractivity contribution is -0.132. The van der Waals surface area contributed by atoms with Crippen LogP contribution < -0.4 is 0 Å². The Bertz CT molecular complexity index is 741. The number of carbonyl (C=O) groups is 1. The number of carbonyl (C=O) groups excluding carboxylic acids is 1. The maximum Gasteiger partial charge on any atom is 0.222 e. The molecule has 4 nitrogen and oxygen atoms in total. The molecule has 1 fully saturated rings. The number of benzene rings is 1. The van der Waals surface area contributed by atoms with Gasteiger partial charge in [-0.1, -0.05) is 51.1 Å². The summed E-state index contributed by atoms with van der Waals surface area (Å²) in [6.45, 7) is 8.52. The number of hydrogen-bond donors (Lipinski definition) is 0. The molecule has 1 aromatic carbocycles. The summed E-state index contributed by atoms with van der Waals surface area (Å²) in [7, 11) is 0. The highest BCUT2D eigenvalue weighted by Crippen LogP contribution is 2.42. The molecule has 1 saturated heterocycles. The Kier molecular flexibility index (Phi) is 7.54. The molecule has 0 aliphatic carbocycles. The van der Waals surface area contributed by atoms with Crippen LogP contribution in [0.5, 0.6) is 0 Å². The van der Waals surface area contributed by atoms with Gasteiger partial charge in [0, 0.05) is 19.6 Å². The SMILES string of the molecule is CCC(=O)N(CC[C@@]1(Cc2ccccc2)CCO[C@@H](C(C)C)C1)Cc1ccco1. The van der Waals surface area contributed by atoms with Crippen LogP contribution in [0.25, 0.3) is 0 Å². The van der Waals surface area contributed by atoms with Gasteiger partial charge in [0.1, 0.15) is 5.76 Å². The van der Waals surface area contributed by atoms with Crippen molar-refractivity contribution in [2.45, 2.75) is 65.5 Å². The molecule has 1 aliphatic heterocycles. The van der Waals surface area contributed by atoms with Gasteiger partial charge in [-0.15, -0.1) is 0 Å². The summed E-state index contributed by atoms with van der Waals surface area (Å²) in [5, 5.41) is 0. The van der Waals surface area contributed by atoms with E-state index in [4.69, 9.17) is 9.15 Å².